The summed E-state index contributed by atoms with van der Waals surface area (Å²) in [5, 5.41) is 14.4. The Morgan fingerprint density at radius 1 is 0.955 bits per heavy atom. The minimum Gasteiger partial charge on any atom is -0.494 e. The predicted octanol–water partition coefficient (Wildman–Crippen LogP) is 7.81. The molecule has 2 heterocycles. The number of carboxylic acid groups (broad SMARTS) is 1. The standard InChI is InChI=1S/C34H32Cl2N4O4/c1-18-13-24(14-19(2)30(18)36)44-12-6-9-25-26-10-11-27(35)29(28-20(3)38-17-39-21(28)4)31(26)40-32(25)33(41)37-16-22-7-5-8-23(15-22)34(42)43/h5,7-8,10-11,13-15,17,40H,6,9,12,16H2,1-4H3,(H,37,41)(H,42,43). The number of ether oxygens (including phenoxy) is 1. The lowest BCUT2D eigenvalue weighted by molar-refractivity contribution is 0.0696. The largest absolute Gasteiger partial charge is 0.494 e. The molecule has 0 aliphatic carbocycles. The van der Waals surface area contributed by atoms with Crippen LogP contribution in [0.25, 0.3) is 22.0 Å². The van der Waals surface area contributed by atoms with Crippen LogP contribution in [-0.2, 0) is 13.0 Å². The summed E-state index contributed by atoms with van der Waals surface area (Å²) in [6, 6.07) is 14.1. The van der Waals surface area contributed by atoms with E-state index in [0.29, 0.717) is 35.7 Å². The Morgan fingerprint density at radius 3 is 2.34 bits per heavy atom. The quantitative estimate of drug-likeness (QED) is 0.135. The summed E-state index contributed by atoms with van der Waals surface area (Å²) >= 11 is 13.1. The third kappa shape index (κ3) is 6.42. The first kappa shape index (κ1) is 31.0. The van der Waals surface area contributed by atoms with Gasteiger partial charge >= 0.3 is 5.97 Å². The fraction of sp³-hybridized carbons (Fsp3) is 0.235. The minimum atomic E-state index is -1.03. The molecule has 0 aliphatic heterocycles. The monoisotopic (exact) mass is 630 g/mol. The van der Waals surface area contributed by atoms with Gasteiger partial charge in [0.05, 0.1) is 22.7 Å². The molecule has 5 rings (SSSR count). The number of carboxylic acids is 1. The van der Waals surface area contributed by atoms with E-state index < -0.39 is 5.97 Å². The molecular formula is C34H32Cl2N4O4. The van der Waals surface area contributed by atoms with Gasteiger partial charge < -0.3 is 20.1 Å². The van der Waals surface area contributed by atoms with E-state index in [-0.39, 0.29) is 18.0 Å². The van der Waals surface area contributed by atoms with Gasteiger partial charge in [-0.1, -0.05) is 41.4 Å². The Morgan fingerprint density at radius 2 is 1.66 bits per heavy atom. The van der Waals surface area contributed by atoms with Gasteiger partial charge in [-0.05, 0) is 93.1 Å². The van der Waals surface area contributed by atoms with Gasteiger partial charge in [-0.3, -0.25) is 4.79 Å². The van der Waals surface area contributed by atoms with Crippen LogP contribution in [-0.4, -0.2) is 38.5 Å². The van der Waals surface area contributed by atoms with E-state index >= 15 is 0 Å². The highest BCUT2D eigenvalue weighted by molar-refractivity contribution is 6.35. The zero-order valence-corrected chi connectivity index (χ0v) is 26.4. The molecule has 5 aromatic rings. The van der Waals surface area contributed by atoms with E-state index in [2.05, 4.69) is 20.3 Å². The summed E-state index contributed by atoms with van der Waals surface area (Å²) in [7, 11) is 0. The van der Waals surface area contributed by atoms with Crippen LogP contribution in [0.15, 0.2) is 54.9 Å². The molecule has 0 saturated heterocycles. The lowest BCUT2D eigenvalue weighted by Gasteiger charge is -2.12. The lowest BCUT2D eigenvalue weighted by atomic mass is 9.98. The number of aryl methyl sites for hydroxylation is 5. The molecule has 0 unspecified atom stereocenters. The van der Waals surface area contributed by atoms with Crippen LogP contribution in [0.4, 0.5) is 0 Å². The lowest BCUT2D eigenvalue weighted by Crippen LogP contribution is -2.24. The normalized spacial score (nSPS) is 11.1. The van der Waals surface area contributed by atoms with E-state index in [1.165, 1.54) is 12.4 Å². The van der Waals surface area contributed by atoms with Crippen molar-refractivity contribution in [3.05, 3.63) is 110 Å². The van der Waals surface area contributed by atoms with Crippen LogP contribution < -0.4 is 10.1 Å². The number of carbonyl (C=O) groups is 2. The maximum Gasteiger partial charge on any atom is 0.335 e. The molecule has 0 aliphatic rings. The zero-order chi connectivity index (χ0) is 31.5. The number of amides is 1. The number of nitrogens with zero attached hydrogens (tertiary/aromatic N) is 2. The summed E-state index contributed by atoms with van der Waals surface area (Å²) in [6.07, 6.45) is 2.70. The van der Waals surface area contributed by atoms with Crippen molar-refractivity contribution in [2.45, 2.75) is 47.1 Å². The summed E-state index contributed by atoms with van der Waals surface area (Å²) in [4.78, 5) is 37.3. The fourth-order valence-corrected chi connectivity index (χ4v) is 5.82. The molecule has 3 N–H and O–H groups in total. The predicted molar refractivity (Wildman–Crippen MR) is 173 cm³/mol. The number of carbonyl (C=O) groups excluding carboxylic acids is 1. The number of benzene rings is 3. The third-order valence-electron chi connectivity index (χ3n) is 7.61. The average Bonchev–Trinajstić information content (AvgIpc) is 3.36. The highest BCUT2D eigenvalue weighted by atomic mass is 35.5. The van der Waals surface area contributed by atoms with Crippen molar-refractivity contribution in [3.63, 3.8) is 0 Å². The van der Waals surface area contributed by atoms with Gasteiger partial charge in [-0.15, -0.1) is 0 Å². The molecule has 0 bridgehead atoms. The molecule has 0 fully saturated rings. The fourth-order valence-electron chi connectivity index (χ4n) is 5.46. The van der Waals surface area contributed by atoms with Crippen molar-refractivity contribution >= 4 is 46.0 Å². The van der Waals surface area contributed by atoms with Crippen molar-refractivity contribution in [2.24, 2.45) is 0 Å². The van der Waals surface area contributed by atoms with Crippen LogP contribution >= 0.6 is 23.2 Å². The second-order valence-corrected chi connectivity index (χ2v) is 11.5. The first-order valence-corrected chi connectivity index (χ1v) is 14.9. The van der Waals surface area contributed by atoms with Crippen molar-refractivity contribution in [3.8, 4) is 16.9 Å². The van der Waals surface area contributed by atoms with E-state index in [9.17, 15) is 14.7 Å². The number of hydrogen-bond acceptors (Lipinski definition) is 5. The van der Waals surface area contributed by atoms with Crippen LogP contribution in [0.3, 0.4) is 0 Å². The van der Waals surface area contributed by atoms with Crippen molar-refractivity contribution in [1.82, 2.24) is 20.3 Å². The molecule has 1 amide bonds. The van der Waals surface area contributed by atoms with Gasteiger partial charge in [0.2, 0.25) is 0 Å². The third-order valence-corrected chi connectivity index (χ3v) is 8.52. The van der Waals surface area contributed by atoms with E-state index in [0.717, 1.165) is 60.9 Å². The van der Waals surface area contributed by atoms with Gasteiger partial charge in [0, 0.05) is 39.5 Å². The average molecular weight is 632 g/mol. The maximum atomic E-state index is 13.7. The van der Waals surface area contributed by atoms with Gasteiger partial charge in [0.25, 0.3) is 5.91 Å². The second-order valence-electron chi connectivity index (χ2n) is 10.8. The number of aromatic amines is 1. The SMILES string of the molecule is Cc1cc(OCCCc2c(C(=O)NCc3cccc(C(=O)O)c3)[nH]c3c(-c4c(C)ncnc4C)c(Cl)ccc23)cc(C)c1Cl. The highest BCUT2D eigenvalue weighted by Crippen LogP contribution is 2.39. The molecule has 0 saturated carbocycles. The number of H-pyrrole nitrogens is 1. The Balaban J connectivity index is 1.48. The number of rotatable bonds is 10. The number of halogens is 2. The first-order valence-electron chi connectivity index (χ1n) is 14.2. The van der Waals surface area contributed by atoms with Crippen LogP contribution in [0.2, 0.25) is 10.0 Å². The smallest absolute Gasteiger partial charge is 0.335 e. The van der Waals surface area contributed by atoms with Gasteiger partial charge in [-0.25, -0.2) is 14.8 Å². The molecule has 44 heavy (non-hydrogen) atoms. The van der Waals surface area contributed by atoms with Crippen molar-refractivity contribution in [1.29, 1.82) is 0 Å². The van der Waals surface area contributed by atoms with E-state index in [4.69, 9.17) is 27.9 Å². The Kier molecular flexibility index (Phi) is 9.22. The van der Waals surface area contributed by atoms with E-state index in [1.54, 1.807) is 18.2 Å². The van der Waals surface area contributed by atoms with Gasteiger partial charge in [0.1, 0.15) is 17.8 Å². The molecular weight excluding hydrogens is 599 g/mol. The van der Waals surface area contributed by atoms with Crippen LogP contribution in [0.5, 0.6) is 5.75 Å². The highest BCUT2D eigenvalue weighted by Gasteiger charge is 2.23. The molecule has 0 spiro atoms. The number of nitrogens with one attached hydrogen (secondary N) is 2. The van der Waals surface area contributed by atoms with Crippen LogP contribution in [0, 0.1) is 27.7 Å². The summed E-state index contributed by atoms with van der Waals surface area (Å²) in [6.45, 7) is 8.29. The summed E-state index contributed by atoms with van der Waals surface area (Å²) in [5.74, 6) is -0.599. The second kappa shape index (κ2) is 13.1. The number of fused-ring (bicyclic) bond motifs is 1. The Hall–Kier alpha value is -4.40. The molecule has 0 radical (unpaired) electrons. The van der Waals surface area contributed by atoms with Gasteiger partial charge in [0.15, 0.2) is 0 Å². The molecule has 8 nitrogen and oxygen atoms in total. The molecule has 226 valence electrons. The molecule has 0 atom stereocenters. The Bertz CT molecular complexity index is 1860. The summed E-state index contributed by atoms with van der Waals surface area (Å²) < 4.78 is 6.06. The zero-order valence-electron chi connectivity index (χ0n) is 24.8. The van der Waals surface area contributed by atoms with Gasteiger partial charge in [-0.2, -0.15) is 0 Å². The number of hydrogen-bond donors (Lipinski definition) is 3. The van der Waals surface area contributed by atoms with Crippen molar-refractivity contribution in [2.75, 3.05) is 6.61 Å². The molecule has 2 aromatic heterocycles. The maximum absolute atomic E-state index is 13.7. The van der Waals surface area contributed by atoms with Crippen molar-refractivity contribution < 1.29 is 19.4 Å². The minimum absolute atomic E-state index is 0.157. The first-order chi connectivity index (χ1) is 21.0. The van der Waals surface area contributed by atoms with E-state index in [1.807, 2.05) is 52.0 Å². The molecule has 10 heteroatoms. The number of aromatic nitrogens is 3. The summed E-state index contributed by atoms with van der Waals surface area (Å²) in [5.41, 5.74) is 7.77. The molecule has 3 aromatic carbocycles. The Labute approximate surface area is 265 Å². The topological polar surface area (TPSA) is 117 Å². The number of aromatic carboxylic acids is 1. The van der Waals surface area contributed by atoms with Crippen LogP contribution in [0.1, 0.15) is 60.9 Å².